The Morgan fingerprint density at radius 3 is 2.69 bits per heavy atom. The quantitative estimate of drug-likeness (QED) is 0.537. The molecule has 8 heteroatoms. The van der Waals surface area contributed by atoms with Crippen LogP contribution in [-0.2, 0) is 11.3 Å². The molecule has 1 aliphatic rings. The Bertz CT molecular complexity index is 1110. The Hall–Kier alpha value is -2.87. The molecule has 0 bridgehead atoms. The monoisotopic (exact) mass is 451 g/mol. The second-order valence-electron chi connectivity index (χ2n) is 8.57. The van der Waals surface area contributed by atoms with Gasteiger partial charge in [0.05, 0.1) is 6.04 Å². The summed E-state index contributed by atoms with van der Waals surface area (Å²) in [5, 5.41) is 11.8. The lowest BCUT2D eigenvalue weighted by Gasteiger charge is -2.30. The van der Waals surface area contributed by atoms with E-state index in [0.717, 1.165) is 23.4 Å². The second-order valence-corrected chi connectivity index (χ2v) is 9.55. The first kappa shape index (κ1) is 22.3. The molecule has 3 heterocycles. The number of hydrogen-bond acceptors (Lipinski definition) is 5. The van der Waals surface area contributed by atoms with E-state index in [-0.39, 0.29) is 23.8 Å². The van der Waals surface area contributed by atoms with Gasteiger partial charge in [0, 0.05) is 18.3 Å². The molecule has 2 amide bonds. The van der Waals surface area contributed by atoms with Crippen molar-refractivity contribution in [2.24, 2.45) is 5.92 Å². The molecule has 32 heavy (non-hydrogen) atoms. The summed E-state index contributed by atoms with van der Waals surface area (Å²) in [5.41, 5.74) is 2.41. The van der Waals surface area contributed by atoms with E-state index < -0.39 is 6.04 Å². The third-order valence-electron chi connectivity index (χ3n) is 5.80. The summed E-state index contributed by atoms with van der Waals surface area (Å²) in [6, 6.07) is 12.5. The van der Waals surface area contributed by atoms with Crippen LogP contribution in [0.25, 0.3) is 5.65 Å². The van der Waals surface area contributed by atoms with E-state index in [1.165, 1.54) is 0 Å². The van der Waals surface area contributed by atoms with E-state index in [9.17, 15) is 9.59 Å². The first-order valence-corrected chi connectivity index (χ1v) is 12.4. The zero-order valence-corrected chi connectivity index (χ0v) is 19.5. The van der Waals surface area contributed by atoms with Crippen LogP contribution in [0.2, 0.25) is 0 Å². The van der Waals surface area contributed by atoms with Crippen molar-refractivity contribution in [3.05, 3.63) is 65.6 Å². The summed E-state index contributed by atoms with van der Waals surface area (Å²) < 4.78 is 1.92. The maximum absolute atomic E-state index is 13.6. The first-order chi connectivity index (χ1) is 15.5. The minimum absolute atomic E-state index is 0.0741. The van der Waals surface area contributed by atoms with Gasteiger partial charge in [0.15, 0.2) is 11.5 Å². The summed E-state index contributed by atoms with van der Waals surface area (Å²) in [7, 11) is 0. The molecule has 3 aromatic rings. The number of amides is 2. The molecule has 4 rings (SSSR count). The number of benzene rings is 1. The predicted octanol–water partition coefficient (Wildman–Crippen LogP) is 3.71. The lowest BCUT2D eigenvalue weighted by molar-refractivity contribution is -0.127. The van der Waals surface area contributed by atoms with Crippen LogP contribution in [0.3, 0.4) is 0 Å². The zero-order valence-electron chi connectivity index (χ0n) is 18.7. The van der Waals surface area contributed by atoms with Gasteiger partial charge in [0.2, 0.25) is 5.91 Å². The van der Waals surface area contributed by atoms with E-state index in [0.29, 0.717) is 24.4 Å². The van der Waals surface area contributed by atoms with E-state index in [1.807, 2.05) is 59.3 Å². The lowest BCUT2D eigenvalue weighted by atomic mass is 10.0. The van der Waals surface area contributed by atoms with Gasteiger partial charge in [0.1, 0.15) is 6.04 Å². The first-order valence-electron chi connectivity index (χ1n) is 11.0. The van der Waals surface area contributed by atoms with Crippen molar-refractivity contribution in [3.63, 3.8) is 0 Å². The van der Waals surface area contributed by atoms with E-state index >= 15 is 0 Å². The van der Waals surface area contributed by atoms with E-state index in [4.69, 9.17) is 0 Å². The molecule has 0 aliphatic carbocycles. The Balaban J connectivity index is 1.60. The van der Waals surface area contributed by atoms with Gasteiger partial charge in [-0.1, -0.05) is 38.1 Å². The summed E-state index contributed by atoms with van der Waals surface area (Å²) >= 11 is 1.72. The van der Waals surface area contributed by atoms with Gasteiger partial charge in [-0.25, -0.2) is 0 Å². The van der Waals surface area contributed by atoms with Gasteiger partial charge in [-0.3, -0.25) is 14.0 Å². The minimum atomic E-state index is -0.536. The number of aromatic nitrogens is 3. The van der Waals surface area contributed by atoms with Gasteiger partial charge in [-0.2, -0.15) is 11.8 Å². The minimum Gasteiger partial charge on any atom is -0.344 e. The van der Waals surface area contributed by atoms with Crippen molar-refractivity contribution >= 4 is 29.2 Å². The molecular weight excluding hydrogens is 422 g/mol. The molecule has 0 fully saturated rings. The predicted molar refractivity (Wildman–Crippen MR) is 126 cm³/mol. The van der Waals surface area contributed by atoms with Crippen molar-refractivity contribution in [1.29, 1.82) is 0 Å². The molecule has 1 N–H and O–H groups in total. The number of carbonyl (C=O) groups is 2. The normalized spacial score (nSPS) is 15.2. The Kier molecular flexibility index (Phi) is 6.79. The maximum Gasteiger partial charge on any atom is 0.255 e. The van der Waals surface area contributed by atoms with E-state index in [1.54, 1.807) is 16.7 Å². The summed E-state index contributed by atoms with van der Waals surface area (Å²) in [6.45, 7) is 4.61. The fourth-order valence-electron chi connectivity index (χ4n) is 4.22. The standard InChI is InChI=1S/C24H29N5O2S/c1-16(2)14-20(29-15-17-8-4-5-9-18(17)24(29)31)23(30)25-19(11-13-32-3)22-27-26-21-10-6-7-12-28(21)22/h4-10,12,16,19-20H,11,13-15H2,1-3H3,(H,25,30)/t19-,20+/m1/s1. The largest absolute Gasteiger partial charge is 0.344 e. The summed E-state index contributed by atoms with van der Waals surface area (Å²) in [6.07, 6.45) is 5.28. The van der Waals surface area contributed by atoms with Crippen molar-refractivity contribution in [2.45, 2.75) is 45.3 Å². The highest BCUT2D eigenvalue weighted by molar-refractivity contribution is 7.98. The van der Waals surface area contributed by atoms with Crippen molar-refractivity contribution in [3.8, 4) is 0 Å². The molecule has 2 atom stereocenters. The number of nitrogens with zero attached hydrogens (tertiary/aromatic N) is 4. The van der Waals surface area contributed by atoms with Gasteiger partial charge < -0.3 is 10.2 Å². The van der Waals surface area contributed by atoms with Crippen LogP contribution < -0.4 is 5.32 Å². The van der Waals surface area contributed by atoms with Crippen molar-refractivity contribution in [2.75, 3.05) is 12.0 Å². The van der Waals surface area contributed by atoms with Crippen LogP contribution in [0.15, 0.2) is 48.7 Å². The highest BCUT2D eigenvalue weighted by Gasteiger charge is 2.37. The van der Waals surface area contributed by atoms with Gasteiger partial charge in [-0.15, -0.1) is 10.2 Å². The third kappa shape index (κ3) is 4.50. The maximum atomic E-state index is 13.6. The molecule has 2 aromatic heterocycles. The van der Waals surface area contributed by atoms with Gasteiger partial charge in [-0.05, 0) is 54.5 Å². The van der Waals surface area contributed by atoms with Crippen LogP contribution in [0.5, 0.6) is 0 Å². The number of nitrogens with one attached hydrogen (secondary N) is 1. The molecule has 1 aromatic carbocycles. The number of fused-ring (bicyclic) bond motifs is 2. The number of hydrogen-bond donors (Lipinski definition) is 1. The van der Waals surface area contributed by atoms with Crippen LogP contribution >= 0.6 is 11.8 Å². The molecule has 1 aliphatic heterocycles. The van der Waals surface area contributed by atoms with Gasteiger partial charge >= 0.3 is 0 Å². The van der Waals surface area contributed by atoms with Crippen LogP contribution in [0.1, 0.15) is 54.5 Å². The summed E-state index contributed by atoms with van der Waals surface area (Å²) in [5.74, 6) is 1.63. The highest BCUT2D eigenvalue weighted by atomic mass is 32.2. The molecule has 0 radical (unpaired) electrons. The van der Waals surface area contributed by atoms with E-state index in [2.05, 4.69) is 29.4 Å². The lowest BCUT2D eigenvalue weighted by Crippen LogP contribution is -2.49. The molecular formula is C24H29N5O2S. The Morgan fingerprint density at radius 2 is 1.94 bits per heavy atom. The van der Waals surface area contributed by atoms with Gasteiger partial charge in [0.25, 0.3) is 5.91 Å². The summed E-state index contributed by atoms with van der Waals surface area (Å²) in [4.78, 5) is 28.4. The highest BCUT2D eigenvalue weighted by Crippen LogP contribution is 2.28. The average molecular weight is 452 g/mol. The van der Waals surface area contributed by atoms with Crippen LogP contribution in [0.4, 0.5) is 0 Å². The molecule has 7 nitrogen and oxygen atoms in total. The SMILES string of the molecule is CSCC[C@@H](NC(=O)[C@H](CC(C)C)N1Cc2ccccc2C1=O)c1nnc2ccccn12. The fraction of sp³-hybridized carbons (Fsp3) is 0.417. The molecule has 0 saturated heterocycles. The van der Waals surface area contributed by atoms with Crippen LogP contribution in [0, 0.1) is 5.92 Å². The van der Waals surface area contributed by atoms with Crippen molar-refractivity contribution in [1.82, 2.24) is 24.8 Å². The molecule has 168 valence electrons. The number of rotatable bonds is 9. The second kappa shape index (κ2) is 9.73. The zero-order chi connectivity index (χ0) is 22.7. The Labute approximate surface area is 192 Å². The molecule has 0 saturated carbocycles. The topological polar surface area (TPSA) is 79.6 Å². The fourth-order valence-corrected chi connectivity index (χ4v) is 4.69. The molecule has 0 spiro atoms. The Morgan fingerprint density at radius 1 is 1.16 bits per heavy atom. The number of pyridine rings is 1. The number of thioether (sulfide) groups is 1. The van der Waals surface area contributed by atoms with Crippen molar-refractivity contribution < 1.29 is 9.59 Å². The molecule has 0 unspecified atom stereocenters. The van der Waals surface area contributed by atoms with Crippen LogP contribution in [-0.4, -0.2) is 49.4 Å². The average Bonchev–Trinajstić information content (AvgIpc) is 3.36. The smallest absolute Gasteiger partial charge is 0.255 e. The number of carbonyl (C=O) groups excluding carboxylic acids is 2. The third-order valence-corrected chi connectivity index (χ3v) is 6.45.